The van der Waals surface area contributed by atoms with E-state index in [2.05, 4.69) is 26.2 Å². The molecule has 0 unspecified atom stereocenters. The van der Waals surface area contributed by atoms with Crippen molar-refractivity contribution in [3.8, 4) is 0 Å². The summed E-state index contributed by atoms with van der Waals surface area (Å²) in [6.07, 6.45) is 0. The van der Waals surface area contributed by atoms with E-state index in [0.717, 1.165) is 10.2 Å². The lowest BCUT2D eigenvalue weighted by atomic mass is 10.2. The molecular weight excluding hydrogens is 280 g/mol. The third-order valence-electron chi connectivity index (χ3n) is 2.31. The summed E-state index contributed by atoms with van der Waals surface area (Å²) in [6, 6.07) is 12.7. The van der Waals surface area contributed by atoms with Crippen LogP contribution in [-0.4, -0.2) is 10.9 Å². The third kappa shape index (κ3) is 2.91. The quantitative estimate of drug-likeness (QED) is 0.862. The minimum Gasteiger partial charge on any atom is -0.307 e. The largest absolute Gasteiger partial charge is 0.307 e. The van der Waals surface area contributed by atoms with Gasteiger partial charge in [-0.1, -0.05) is 24.3 Å². The van der Waals surface area contributed by atoms with Gasteiger partial charge >= 0.3 is 0 Å². The Bertz CT molecular complexity index is 540. The van der Waals surface area contributed by atoms with Gasteiger partial charge in [0.15, 0.2) is 0 Å². The Morgan fingerprint density at radius 2 is 1.88 bits per heavy atom. The van der Waals surface area contributed by atoms with Gasteiger partial charge in [0.05, 0.1) is 0 Å². The maximum absolute atomic E-state index is 11.8. The molecule has 17 heavy (non-hydrogen) atoms. The van der Waals surface area contributed by atoms with Gasteiger partial charge in [0.1, 0.15) is 10.4 Å². The van der Waals surface area contributed by atoms with Crippen molar-refractivity contribution >= 4 is 27.7 Å². The smallest absolute Gasteiger partial charge is 0.256 e. The first-order valence-electron chi connectivity index (χ1n) is 5.16. The summed E-state index contributed by atoms with van der Waals surface area (Å²) >= 11 is 3.33. The van der Waals surface area contributed by atoms with Crippen molar-refractivity contribution in [3.63, 3.8) is 0 Å². The molecule has 0 spiro atoms. The number of aromatic nitrogens is 1. The van der Waals surface area contributed by atoms with Crippen LogP contribution in [0.5, 0.6) is 0 Å². The second-order valence-electron chi connectivity index (χ2n) is 3.62. The Hall–Kier alpha value is -1.68. The van der Waals surface area contributed by atoms with Gasteiger partial charge in [-0.05, 0) is 46.6 Å². The highest BCUT2D eigenvalue weighted by atomic mass is 79.9. The molecule has 0 atom stereocenters. The number of amides is 1. The van der Waals surface area contributed by atoms with Crippen LogP contribution in [0.3, 0.4) is 0 Å². The number of carbonyl (C=O) groups excluding carboxylic acids is 1. The van der Waals surface area contributed by atoms with Crippen LogP contribution in [0.1, 0.15) is 15.9 Å². The van der Waals surface area contributed by atoms with Crippen molar-refractivity contribution in [1.82, 2.24) is 4.98 Å². The molecule has 3 nitrogen and oxygen atoms in total. The summed E-state index contributed by atoms with van der Waals surface area (Å²) in [7, 11) is 0. The summed E-state index contributed by atoms with van der Waals surface area (Å²) in [5.41, 5.74) is 1.65. The van der Waals surface area contributed by atoms with Crippen LogP contribution in [0.15, 0.2) is 47.1 Å². The number of halogens is 1. The second-order valence-corrected chi connectivity index (χ2v) is 4.38. The predicted molar refractivity (Wildman–Crippen MR) is 71.1 cm³/mol. The van der Waals surface area contributed by atoms with E-state index in [1.165, 1.54) is 0 Å². The number of nitrogens with one attached hydrogen (secondary N) is 1. The van der Waals surface area contributed by atoms with Crippen molar-refractivity contribution < 1.29 is 4.79 Å². The van der Waals surface area contributed by atoms with E-state index >= 15 is 0 Å². The lowest BCUT2D eigenvalue weighted by molar-refractivity contribution is 0.102. The van der Waals surface area contributed by atoms with E-state index in [9.17, 15) is 4.79 Å². The highest BCUT2D eigenvalue weighted by Crippen LogP contribution is 2.16. The van der Waals surface area contributed by atoms with Gasteiger partial charge in [-0.2, -0.15) is 0 Å². The maximum Gasteiger partial charge on any atom is 0.256 e. The van der Waals surface area contributed by atoms with Crippen molar-refractivity contribution in [2.75, 3.05) is 5.32 Å². The van der Waals surface area contributed by atoms with Crippen LogP contribution in [0.4, 0.5) is 5.82 Å². The molecule has 2 rings (SSSR count). The zero-order valence-electron chi connectivity index (χ0n) is 9.27. The topological polar surface area (TPSA) is 42.0 Å². The summed E-state index contributed by atoms with van der Waals surface area (Å²) in [6.45, 7) is 1.94. The average Bonchev–Trinajstić information content (AvgIpc) is 2.35. The Kier molecular flexibility index (Phi) is 3.54. The Labute approximate surface area is 108 Å². The molecule has 1 amide bonds. The van der Waals surface area contributed by atoms with Crippen LogP contribution in [0.2, 0.25) is 0 Å². The zero-order valence-corrected chi connectivity index (χ0v) is 10.9. The van der Waals surface area contributed by atoms with Crippen LogP contribution in [0, 0.1) is 6.92 Å². The van der Waals surface area contributed by atoms with Crippen molar-refractivity contribution in [2.45, 2.75) is 6.92 Å². The van der Waals surface area contributed by atoms with Gasteiger partial charge in [0.25, 0.3) is 5.91 Å². The number of carbonyl (C=O) groups is 1. The summed E-state index contributed by atoms with van der Waals surface area (Å²) in [4.78, 5) is 16.1. The van der Waals surface area contributed by atoms with E-state index in [1.54, 1.807) is 18.2 Å². The first kappa shape index (κ1) is 11.8. The molecular formula is C13H11BrN2O. The number of nitrogens with zero attached hydrogens (tertiary/aromatic N) is 1. The number of aryl methyl sites for hydroxylation is 1. The molecule has 0 radical (unpaired) electrons. The molecule has 0 saturated carbocycles. The number of rotatable bonds is 2. The van der Waals surface area contributed by atoms with E-state index < -0.39 is 0 Å². The first-order chi connectivity index (χ1) is 8.16. The second kappa shape index (κ2) is 5.10. The number of hydrogen-bond acceptors (Lipinski definition) is 2. The summed E-state index contributed by atoms with van der Waals surface area (Å²) in [5, 5.41) is 2.75. The SMILES string of the molecule is Cc1ccc(NC(=O)c2ccccc2)nc1Br. The van der Waals surface area contributed by atoms with Gasteiger partial charge in [-0.15, -0.1) is 0 Å². The highest BCUT2D eigenvalue weighted by Gasteiger charge is 2.06. The van der Waals surface area contributed by atoms with Gasteiger partial charge in [-0.3, -0.25) is 4.79 Å². The maximum atomic E-state index is 11.8. The van der Waals surface area contributed by atoms with E-state index in [0.29, 0.717) is 11.4 Å². The molecule has 1 heterocycles. The Morgan fingerprint density at radius 3 is 2.53 bits per heavy atom. The van der Waals surface area contributed by atoms with Crippen LogP contribution in [0.25, 0.3) is 0 Å². The van der Waals surface area contributed by atoms with Crippen LogP contribution < -0.4 is 5.32 Å². The molecule has 1 aromatic heterocycles. The van der Waals surface area contributed by atoms with Gasteiger partial charge in [0.2, 0.25) is 0 Å². The fraction of sp³-hybridized carbons (Fsp3) is 0.0769. The monoisotopic (exact) mass is 290 g/mol. The molecule has 0 bridgehead atoms. The van der Waals surface area contributed by atoms with Crippen molar-refractivity contribution in [3.05, 3.63) is 58.2 Å². The third-order valence-corrected chi connectivity index (χ3v) is 3.12. The highest BCUT2D eigenvalue weighted by molar-refractivity contribution is 9.10. The molecule has 1 aromatic carbocycles. The Balaban J connectivity index is 2.16. The minimum atomic E-state index is -0.158. The normalized spacial score (nSPS) is 10.0. The molecule has 2 aromatic rings. The van der Waals surface area contributed by atoms with Gasteiger partial charge in [0, 0.05) is 5.56 Å². The minimum absolute atomic E-state index is 0.158. The fourth-order valence-corrected chi connectivity index (χ4v) is 1.67. The number of anilines is 1. The molecule has 4 heteroatoms. The number of pyridine rings is 1. The van der Waals surface area contributed by atoms with Crippen molar-refractivity contribution in [1.29, 1.82) is 0 Å². The van der Waals surface area contributed by atoms with Gasteiger partial charge in [-0.25, -0.2) is 4.98 Å². The van der Waals surface area contributed by atoms with Crippen LogP contribution in [-0.2, 0) is 0 Å². The standard InChI is InChI=1S/C13H11BrN2O/c1-9-7-8-11(15-12(9)14)16-13(17)10-5-3-2-4-6-10/h2-8H,1H3,(H,15,16,17). The van der Waals surface area contributed by atoms with E-state index in [1.807, 2.05) is 31.2 Å². The average molecular weight is 291 g/mol. The molecule has 0 aliphatic rings. The van der Waals surface area contributed by atoms with Crippen LogP contribution >= 0.6 is 15.9 Å². The predicted octanol–water partition coefficient (Wildman–Crippen LogP) is 3.40. The molecule has 1 N–H and O–H groups in total. The molecule has 86 valence electrons. The number of benzene rings is 1. The van der Waals surface area contributed by atoms with Gasteiger partial charge < -0.3 is 5.32 Å². The first-order valence-corrected chi connectivity index (χ1v) is 5.95. The lowest BCUT2D eigenvalue weighted by Gasteiger charge is -2.05. The van der Waals surface area contributed by atoms with E-state index in [-0.39, 0.29) is 5.91 Å². The van der Waals surface area contributed by atoms with Crippen molar-refractivity contribution in [2.24, 2.45) is 0 Å². The molecule has 0 saturated heterocycles. The zero-order chi connectivity index (χ0) is 12.3. The van der Waals surface area contributed by atoms with E-state index in [4.69, 9.17) is 0 Å². The lowest BCUT2D eigenvalue weighted by Crippen LogP contribution is -2.12. The molecule has 0 aliphatic heterocycles. The number of hydrogen-bond donors (Lipinski definition) is 1. The molecule has 0 fully saturated rings. The molecule has 0 aliphatic carbocycles. The summed E-state index contributed by atoms with van der Waals surface area (Å²) < 4.78 is 0.739. The Morgan fingerprint density at radius 1 is 1.18 bits per heavy atom. The summed E-state index contributed by atoms with van der Waals surface area (Å²) in [5.74, 6) is 0.380. The fourth-order valence-electron chi connectivity index (χ4n) is 1.35.